The van der Waals surface area contributed by atoms with Crippen LogP contribution < -0.4 is 5.32 Å². The van der Waals surface area contributed by atoms with Crippen LogP contribution in [0, 0.1) is 5.41 Å². The van der Waals surface area contributed by atoms with Crippen LogP contribution in [-0.2, 0) is 6.54 Å². The second-order valence-electron chi connectivity index (χ2n) is 6.03. The number of nitrogens with one attached hydrogen (secondary N) is 2. The first kappa shape index (κ1) is 21.0. The van der Waals surface area contributed by atoms with Gasteiger partial charge in [0.15, 0.2) is 4.73 Å². The number of hydrogen-bond acceptors (Lipinski definition) is 4. The molecule has 0 saturated heterocycles. The van der Waals surface area contributed by atoms with Gasteiger partial charge < -0.3 is 10.2 Å². The number of hydrogen-bond donors (Lipinski definition) is 2. The van der Waals surface area contributed by atoms with Gasteiger partial charge in [0.2, 0.25) is 0 Å². The highest BCUT2D eigenvalue weighted by atomic mass is 79.9. The highest BCUT2D eigenvalue weighted by Gasteiger charge is 2.17. The second-order valence-corrected chi connectivity index (χ2v) is 9.21. The Labute approximate surface area is 188 Å². The van der Waals surface area contributed by atoms with E-state index in [9.17, 15) is 4.79 Å². The fraction of sp³-hybridized carbons (Fsp3) is 0.167. The Morgan fingerprint density at radius 2 is 1.93 bits per heavy atom. The van der Waals surface area contributed by atoms with Crippen molar-refractivity contribution in [2.75, 3.05) is 14.1 Å². The van der Waals surface area contributed by atoms with Crippen LogP contribution in [0.3, 0.4) is 0 Å². The van der Waals surface area contributed by atoms with Crippen LogP contribution in [-0.4, -0.2) is 40.3 Å². The molecule has 28 heavy (non-hydrogen) atoms. The maximum Gasteiger partial charge on any atom is 0.261 e. The van der Waals surface area contributed by atoms with Gasteiger partial charge in [0.05, 0.1) is 21.5 Å². The summed E-state index contributed by atoms with van der Waals surface area (Å²) in [5, 5.41) is 10.9. The summed E-state index contributed by atoms with van der Waals surface area (Å²) in [5.74, 6) is 0.244. The minimum atomic E-state index is -0.193. The summed E-state index contributed by atoms with van der Waals surface area (Å²) in [6, 6.07) is 11.0. The lowest BCUT2D eigenvalue weighted by atomic mass is 10.2. The topological polar surface area (TPSA) is 74.0 Å². The molecule has 0 aliphatic rings. The predicted octanol–water partition coefficient (Wildman–Crippen LogP) is 4.93. The van der Waals surface area contributed by atoms with E-state index in [1.54, 1.807) is 17.0 Å². The zero-order chi connectivity index (χ0) is 20.4. The molecule has 146 valence electrons. The van der Waals surface area contributed by atoms with E-state index in [0.29, 0.717) is 25.5 Å². The average molecular weight is 546 g/mol. The van der Waals surface area contributed by atoms with Gasteiger partial charge in [-0.2, -0.15) is 0 Å². The molecular formula is C18H16Br2ClN5OS. The molecule has 0 saturated carbocycles. The number of halogens is 3. The van der Waals surface area contributed by atoms with Gasteiger partial charge in [-0.3, -0.25) is 14.8 Å². The van der Waals surface area contributed by atoms with E-state index < -0.39 is 0 Å². The molecule has 0 radical (unpaired) electrons. The molecule has 3 rings (SSSR count). The first-order chi connectivity index (χ1) is 13.3. The first-order valence-electron chi connectivity index (χ1n) is 8.10. The van der Waals surface area contributed by atoms with E-state index in [1.807, 2.05) is 42.9 Å². The SMILES string of the molecule is CN(C)C(=N)c1ccc(-n2c(Br)nc(CNC(=O)c3ccc(Cl)s3)c2Br)cc1. The van der Waals surface area contributed by atoms with E-state index in [0.717, 1.165) is 15.9 Å². The third kappa shape index (κ3) is 4.48. The van der Waals surface area contributed by atoms with Crippen LogP contribution in [0.5, 0.6) is 0 Å². The van der Waals surface area contributed by atoms with Gasteiger partial charge in [-0.25, -0.2) is 4.98 Å². The van der Waals surface area contributed by atoms with Gasteiger partial charge in [-0.1, -0.05) is 11.6 Å². The molecule has 2 heterocycles. The number of benzene rings is 1. The second kappa shape index (κ2) is 8.77. The van der Waals surface area contributed by atoms with Gasteiger partial charge in [0, 0.05) is 25.3 Å². The van der Waals surface area contributed by atoms with Crippen molar-refractivity contribution >= 4 is 66.5 Å². The van der Waals surface area contributed by atoms with Crippen LogP contribution in [0.25, 0.3) is 5.69 Å². The lowest BCUT2D eigenvalue weighted by Crippen LogP contribution is -2.22. The van der Waals surface area contributed by atoms with Crippen molar-refractivity contribution in [1.29, 1.82) is 5.41 Å². The number of thiophene rings is 1. The summed E-state index contributed by atoms with van der Waals surface area (Å²) < 4.78 is 3.80. The Morgan fingerprint density at radius 1 is 1.25 bits per heavy atom. The summed E-state index contributed by atoms with van der Waals surface area (Å²) in [4.78, 5) is 19.0. The minimum absolute atomic E-state index is 0.193. The lowest BCUT2D eigenvalue weighted by Gasteiger charge is -2.14. The van der Waals surface area contributed by atoms with Crippen LogP contribution in [0.1, 0.15) is 20.9 Å². The number of nitrogens with zero attached hydrogens (tertiary/aromatic N) is 3. The summed E-state index contributed by atoms with van der Waals surface area (Å²) in [6.07, 6.45) is 0. The molecule has 0 aliphatic carbocycles. The molecule has 3 aromatic rings. The van der Waals surface area contributed by atoms with Gasteiger partial charge in [-0.15, -0.1) is 11.3 Å². The minimum Gasteiger partial charge on any atom is -0.363 e. The molecule has 10 heteroatoms. The number of carbonyl (C=O) groups is 1. The van der Waals surface area contributed by atoms with E-state index in [4.69, 9.17) is 17.0 Å². The number of imidazole rings is 1. The monoisotopic (exact) mass is 543 g/mol. The normalized spacial score (nSPS) is 10.8. The maximum atomic E-state index is 12.2. The number of amidine groups is 1. The largest absolute Gasteiger partial charge is 0.363 e. The molecule has 0 unspecified atom stereocenters. The van der Waals surface area contributed by atoms with Crippen molar-refractivity contribution in [3.8, 4) is 5.69 Å². The maximum absolute atomic E-state index is 12.2. The molecule has 6 nitrogen and oxygen atoms in total. The Hall–Kier alpha value is -1.68. The van der Waals surface area contributed by atoms with Crippen molar-refractivity contribution in [2.45, 2.75) is 6.54 Å². The van der Waals surface area contributed by atoms with Gasteiger partial charge in [0.25, 0.3) is 5.91 Å². The van der Waals surface area contributed by atoms with Gasteiger partial charge in [-0.05, 0) is 68.3 Å². The van der Waals surface area contributed by atoms with Crippen molar-refractivity contribution in [3.05, 3.63) is 66.2 Å². The molecule has 0 aliphatic heterocycles. The van der Waals surface area contributed by atoms with E-state index in [2.05, 4.69) is 42.2 Å². The Balaban J connectivity index is 1.78. The van der Waals surface area contributed by atoms with Crippen LogP contribution in [0.4, 0.5) is 0 Å². The van der Waals surface area contributed by atoms with Crippen molar-refractivity contribution in [3.63, 3.8) is 0 Å². The molecule has 0 spiro atoms. The highest BCUT2D eigenvalue weighted by Crippen LogP contribution is 2.28. The Morgan fingerprint density at radius 3 is 2.50 bits per heavy atom. The summed E-state index contributed by atoms with van der Waals surface area (Å²) in [7, 11) is 3.67. The molecule has 0 bridgehead atoms. The third-order valence-corrected chi connectivity index (χ3v) is 6.48. The van der Waals surface area contributed by atoms with Crippen molar-refractivity contribution in [1.82, 2.24) is 19.8 Å². The summed E-state index contributed by atoms with van der Waals surface area (Å²) in [5.41, 5.74) is 2.39. The van der Waals surface area contributed by atoms with E-state index >= 15 is 0 Å². The highest BCUT2D eigenvalue weighted by molar-refractivity contribution is 9.11. The first-order valence-corrected chi connectivity index (χ1v) is 10.9. The molecule has 2 aromatic heterocycles. The summed E-state index contributed by atoms with van der Waals surface area (Å²) >= 11 is 14.2. The smallest absolute Gasteiger partial charge is 0.261 e. The Kier molecular flexibility index (Phi) is 6.59. The third-order valence-electron chi connectivity index (χ3n) is 3.91. The number of carbonyl (C=O) groups excluding carboxylic acids is 1. The van der Waals surface area contributed by atoms with Gasteiger partial charge >= 0.3 is 0 Å². The number of aromatic nitrogens is 2. The molecule has 2 N–H and O–H groups in total. The van der Waals surface area contributed by atoms with Crippen molar-refractivity contribution < 1.29 is 4.79 Å². The van der Waals surface area contributed by atoms with Crippen molar-refractivity contribution in [2.24, 2.45) is 0 Å². The summed E-state index contributed by atoms with van der Waals surface area (Å²) in [6.45, 7) is 0.268. The quantitative estimate of drug-likeness (QED) is 0.353. The molecule has 1 amide bonds. The Bertz CT molecular complexity index is 1030. The van der Waals surface area contributed by atoms with Crippen LogP contribution in [0.2, 0.25) is 4.34 Å². The van der Waals surface area contributed by atoms with Gasteiger partial charge in [0.1, 0.15) is 10.4 Å². The fourth-order valence-corrected chi connectivity index (χ4v) is 4.86. The predicted molar refractivity (Wildman–Crippen MR) is 120 cm³/mol. The zero-order valence-electron chi connectivity index (χ0n) is 15.0. The average Bonchev–Trinajstić information content (AvgIpc) is 3.22. The van der Waals surface area contributed by atoms with Crippen LogP contribution >= 0.6 is 54.8 Å². The standard InChI is InChI=1S/C18H16Br2ClN5OS/c1-25(2)16(22)10-3-5-11(6-4-10)26-15(19)12(24-18(26)20)9-23-17(27)13-7-8-14(21)28-13/h3-8,22H,9H2,1-2H3,(H,23,27). The number of rotatable bonds is 5. The van der Waals surface area contributed by atoms with E-state index in [-0.39, 0.29) is 12.5 Å². The molecule has 0 fully saturated rings. The molecule has 1 aromatic carbocycles. The lowest BCUT2D eigenvalue weighted by molar-refractivity contribution is 0.0954. The molecular weight excluding hydrogens is 530 g/mol. The number of amides is 1. The molecule has 0 atom stereocenters. The fourth-order valence-electron chi connectivity index (χ4n) is 2.46. The zero-order valence-corrected chi connectivity index (χ0v) is 19.7. The van der Waals surface area contributed by atoms with Crippen LogP contribution in [0.15, 0.2) is 45.7 Å². The van der Waals surface area contributed by atoms with E-state index in [1.165, 1.54) is 11.3 Å².